The van der Waals surface area contributed by atoms with Crippen LogP contribution in [0.1, 0.15) is 32.0 Å². The van der Waals surface area contributed by atoms with Crippen molar-refractivity contribution in [3.8, 4) is 11.1 Å². The zero-order valence-electron chi connectivity index (χ0n) is 17.5. The van der Waals surface area contributed by atoms with Crippen LogP contribution in [0.3, 0.4) is 0 Å². The fourth-order valence-corrected chi connectivity index (χ4v) is 3.73. The van der Waals surface area contributed by atoms with Crippen molar-refractivity contribution in [2.45, 2.75) is 44.4 Å². The monoisotopic (exact) mass is 447 g/mol. The van der Waals surface area contributed by atoms with Crippen molar-refractivity contribution in [2.75, 3.05) is 0 Å². The lowest BCUT2D eigenvalue weighted by Gasteiger charge is -2.24. The van der Waals surface area contributed by atoms with Gasteiger partial charge in [0, 0.05) is 28.2 Å². The highest BCUT2D eigenvalue weighted by atomic mass is 19.3. The zero-order valence-corrected chi connectivity index (χ0v) is 17.5. The molecule has 0 radical (unpaired) electrons. The fourth-order valence-electron chi connectivity index (χ4n) is 3.73. The molecule has 2 aromatic carbocycles. The minimum Gasteiger partial charge on any atom is -0.481 e. The number of aliphatic hydroxyl groups is 2. The topological polar surface area (TPSA) is 82.7 Å². The molecule has 0 aliphatic rings. The first-order valence-electron chi connectivity index (χ1n) is 10.1. The minimum atomic E-state index is -4.07. The molecule has 3 aromatic rings. The molecular weight excluding hydrogens is 423 g/mol. The number of carboxylic acid groups (broad SMARTS) is 1. The van der Waals surface area contributed by atoms with Gasteiger partial charge in [-0.2, -0.15) is 0 Å². The molecule has 170 valence electrons. The number of fused-ring (bicyclic) bond motifs is 1. The summed E-state index contributed by atoms with van der Waals surface area (Å²) in [5, 5.41) is 29.1. The normalized spacial score (nSPS) is 14.4. The second-order valence-corrected chi connectivity index (χ2v) is 7.84. The van der Waals surface area contributed by atoms with E-state index in [0.717, 1.165) is 17.0 Å². The number of nitrogens with zero attached hydrogens (tertiary/aromatic N) is 1. The second-order valence-electron chi connectivity index (χ2n) is 7.84. The first kappa shape index (κ1) is 23.6. The summed E-state index contributed by atoms with van der Waals surface area (Å²) in [5.74, 6) is -6.09. The molecule has 8 heteroatoms. The Labute approximate surface area is 183 Å². The fraction of sp³-hybridized carbons (Fsp3) is 0.292. The molecule has 0 aliphatic heterocycles. The van der Waals surface area contributed by atoms with Crippen LogP contribution in [-0.2, 0) is 4.79 Å². The first-order valence-corrected chi connectivity index (χ1v) is 10.1. The number of alkyl halides is 2. The summed E-state index contributed by atoms with van der Waals surface area (Å²) in [4.78, 5) is 10.7. The van der Waals surface area contributed by atoms with E-state index in [1.807, 2.05) is 42.7 Å². The molecule has 0 saturated carbocycles. The average molecular weight is 447 g/mol. The molecule has 5 nitrogen and oxygen atoms in total. The highest BCUT2D eigenvalue weighted by Gasteiger charge is 2.45. The van der Waals surface area contributed by atoms with Crippen molar-refractivity contribution in [3.05, 3.63) is 66.1 Å². The van der Waals surface area contributed by atoms with E-state index in [1.165, 1.54) is 18.2 Å². The van der Waals surface area contributed by atoms with Crippen LogP contribution in [0.2, 0.25) is 0 Å². The summed E-state index contributed by atoms with van der Waals surface area (Å²) in [7, 11) is 0. The van der Waals surface area contributed by atoms with Crippen LogP contribution in [0.4, 0.5) is 13.2 Å². The smallest absolute Gasteiger partial charge is 0.306 e. The lowest BCUT2D eigenvalue weighted by molar-refractivity contribution is -0.173. The number of aromatic nitrogens is 1. The van der Waals surface area contributed by atoms with E-state index in [2.05, 4.69) is 0 Å². The molecule has 2 atom stereocenters. The maximum absolute atomic E-state index is 14.3. The van der Waals surface area contributed by atoms with Crippen LogP contribution < -0.4 is 0 Å². The maximum Gasteiger partial charge on any atom is 0.306 e. The van der Waals surface area contributed by atoms with Crippen LogP contribution in [0.25, 0.3) is 28.1 Å². The molecule has 32 heavy (non-hydrogen) atoms. The molecule has 0 bridgehead atoms. The third-order valence-electron chi connectivity index (χ3n) is 5.24. The number of aliphatic hydroxyl groups excluding tert-OH is 2. The Balaban J connectivity index is 2.14. The molecule has 3 rings (SSSR count). The molecule has 0 fully saturated rings. The van der Waals surface area contributed by atoms with Gasteiger partial charge >= 0.3 is 11.9 Å². The molecule has 0 amide bonds. The van der Waals surface area contributed by atoms with Crippen molar-refractivity contribution in [1.82, 2.24) is 4.57 Å². The van der Waals surface area contributed by atoms with E-state index in [9.17, 15) is 28.2 Å². The van der Waals surface area contributed by atoms with Gasteiger partial charge in [0.2, 0.25) is 0 Å². The van der Waals surface area contributed by atoms with Gasteiger partial charge < -0.3 is 19.9 Å². The van der Waals surface area contributed by atoms with Crippen molar-refractivity contribution >= 4 is 22.9 Å². The Hall–Kier alpha value is -3.10. The van der Waals surface area contributed by atoms with Crippen molar-refractivity contribution in [1.29, 1.82) is 0 Å². The van der Waals surface area contributed by atoms with Gasteiger partial charge in [0.25, 0.3) is 0 Å². The predicted octanol–water partition coefficient (Wildman–Crippen LogP) is 4.87. The summed E-state index contributed by atoms with van der Waals surface area (Å²) in [6.07, 6.45) is -4.01. The Morgan fingerprint density at radius 1 is 1.09 bits per heavy atom. The number of hydrogen-bond donors (Lipinski definition) is 3. The Morgan fingerprint density at radius 3 is 2.31 bits per heavy atom. The molecular formula is C24H24F3NO4. The van der Waals surface area contributed by atoms with E-state index in [0.29, 0.717) is 16.8 Å². The van der Waals surface area contributed by atoms with Crippen LogP contribution >= 0.6 is 0 Å². The number of carbonyl (C=O) groups is 1. The number of hydrogen-bond acceptors (Lipinski definition) is 3. The number of halogens is 3. The van der Waals surface area contributed by atoms with Crippen molar-refractivity contribution < 1.29 is 33.3 Å². The van der Waals surface area contributed by atoms with Crippen molar-refractivity contribution in [3.63, 3.8) is 0 Å². The van der Waals surface area contributed by atoms with E-state index in [4.69, 9.17) is 5.11 Å². The predicted molar refractivity (Wildman–Crippen MR) is 116 cm³/mol. The first-order chi connectivity index (χ1) is 15.0. The van der Waals surface area contributed by atoms with Gasteiger partial charge in [-0.05, 0) is 49.8 Å². The standard InChI is InChI=1S/C24H24F3NO4/c1-14(2)28-18-6-4-3-5-17(18)23(15-7-9-16(25)10-8-15)19(28)11-12-20(29)24(26,27)21(30)13-22(31)32/h3-12,14,20-21,29-30H,13H2,1-2H3,(H,31,32)/b12-11+/t20-,21+/m1/s1. The molecule has 1 heterocycles. The Kier molecular flexibility index (Phi) is 6.76. The Bertz CT molecular complexity index is 1140. The van der Waals surface area contributed by atoms with E-state index in [-0.39, 0.29) is 6.04 Å². The van der Waals surface area contributed by atoms with Gasteiger partial charge in [-0.15, -0.1) is 0 Å². The third kappa shape index (κ3) is 4.56. The van der Waals surface area contributed by atoms with Gasteiger partial charge in [-0.3, -0.25) is 4.79 Å². The highest BCUT2D eigenvalue weighted by Crippen LogP contribution is 2.38. The molecule has 3 N–H and O–H groups in total. The molecule has 1 aromatic heterocycles. The maximum atomic E-state index is 14.3. The van der Waals surface area contributed by atoms with E-state index >= 15 is 0 Å². The summed E-state index contributed by atoms with van der Waals surface area (Å²) >= 11 is 0. The van der Waals surface area contributed by atoms with Crippen LogP contribution in [0.5, 0.6) is 0 Å². The van der Waals surface area contributed by atoms with Crippen LogP contribution in [-0.4, -0.2) is 44.0 Å². The Morgan fingerprint density at radius 2 is 1.72 bits per heavy atom. The van der Waals surface area contributed by atoms with Crippen molar-refractivity contribution in [2.24, 2.45) is 0 Å². The average Bonchev–Trinajstić information content (AvgIpc) is 3.06. The number of aliphatic carboxylic acids is 1. The van der Waals surface area contributed by atoms with Gasteiger partial charge in [0.15, 0.2) is 0 Å². The van der Waals surface area contributed by atoms with E-state index < -0.39 is 36.3 Å². The lowest BCUT2D eigenvalue weighted by atomic mass is 10.00. The lowest BCUT2D eigenvalue weighted by Crippen LogP contribution is -2.44. The summed E-state index contributed by atoms with van der Waals surface area (Å²) in [6.45, 7) is 3.83. The van der Waals surface area contributed by atoms with Gasteiger partial charge in [0.05, 0.1) is 6.42 Å². The molecule has 0 unspecified atom stereocenters. The highest BCUT2D eigenvalue weighted by molar-refractivity contribution is 6.01. The number of rotatable bonds is 8. The van der Waals surface area contributed by atoms with Crippen LogP contribution in [0, 0.1) is 5.82 Å². The molecule has 0 spiro atoms. The molecule has 0 aliphatic carbocycles. The molecule has 0 saturated heterocycles. The third-order valence-corrected chi connectivity index (χ3v) is 5.24. The second kappa shape index (κ2) is 9.18. The zero-order chi connectivity index (χ0) is 23.6. The van der Waals surface area contributed by atoms with Gasteiger partial charge in [-0.1, -0.05) is 30.3 Å². The van der Waals surface area contributed by atoms with Crippen LogP contribution in [0.15, 0.2) is 54.6 Å². The van der Waals surface area contributed by atoms with E-state index in [1.54, 1.807) is 12.1 Å². The number of benzene rings is 2. The minimum absolute atomic E-state index is 0.0796. The number of para-hydroxylation sites is 1. The van der Waals surface area contributed by atoms with Gasteiger partial charge in [0.1, 0.15) is 18.0 Å². The largest absolute Gasteiger partial charge is 0.481 e. The summed E-state index contributed by atoms with van der Waals surface area (Å²) in [6, 6.07) is 13.1. The SMILES string of the molecule is CC(C)n1c(/C=C/[C@@H](O)C(F)(F)[C@@H](O)CC(=O)O)c(-c2ccc(F)cc2)c2ccccc21. The summed E-state index contributed by atoms with van der Waals surface area (Å²) < 4.78 is 44.1. The summed E-state index contributed by atoms with van der Waals surface area (Å²) in [5.41, 5.74) is 2.67. The van der Waals surface area contributed by atoms with Gasteiger partial charge in [-0.25, -0.2) is 13.2 Å². The number of carboxylic acids is 1. The quantitative estimate of drug-likeness (QED) is 0.460.